The third-order valence-electron chi connectivity index (χ3n) is 3.21. The lowest BCUT2D eigenvalue weighted by Crippen LogP contribution is -1.98. The van der Waals surface area contributed by atoms with E-state index >= 15 is 0 Å². The molecule has 0 heterocycles. The zero-order valence-electron chi connectivity index (χ0n) is 10.8. The molecule has 0 bridgehead atoms. The maximum Gasteiger partial charge on any atom is 0.129 e. The van der Waals surface area contributed by atoms with E-state index in [1.165, 1.54) is 0 Å². The van der Waals surface area contributed by atoms with Gasteiger partial charge in [-0.1, -0.05) is 54.6 Å². The molecule has 0 radical (unpaired) electrons. The molecular weight excluding hydrogens is 361 g/mol. The summed E-state index contributed by atoms with van der Waals surface area (Å²) in [6, 6.07) is 20.2. The third-order valence-corrected chi connectivity index (χ3v) is 4.41. The quantitative estimate of drug-likeness (QED) is 0.536. The van der Waals surface area contributed by atoms with Gasteiger partial charge in [0.05, 0.1) is 0 Å². The van der Waals surface area contributed by atoms with E-state index in [4.69, 9.17) is 10.5 Å². The van der Waals surface area contributed by atoms with Crippen LogP contribution in [-0.4, -0.2) is 0 Å². The highest BCUT2D eigenvalue weighted by molar-refractivity contribution is 14.1. The first-order valence-corrected chi connectivity index (χ1v) is 7.47. The first kappa shape index (κ1) is 13.2. The Labute approximate surface area is 131 Å². The normalized spacial score (nSPS) is 10.7. The molecule has 2 N–H and O–H groups in total. The van der Waals surface area contributed by atoms with Gasteiger partial charge < -0.3 is 10.5 Å². The van der Waals surface area contributed by atoms with Gasteiger partial charge in [0.1, 0.15) is 12.4 Å². The van der Waals surface area contributed by atoms with E-state index in [0.717, 1.165) is 31.3 Å². The summed E-state index contributed by atoms with van der Waals surface area (Å²) >= 11 is 2.28. The van der Waals surface area contributed by atoms with Gasteiger partial charge in [-0.3, -0.25) is 0 Å². The second kappa shape index (κ2) is 5.71. The van der Waals surface area contributed by atoms with Gasteiger partial charge in [0.2, 0.25) is 0 Å². The second-order valence-corrected chi connectivity index (χ2v) is 5.68. The predicted molar refractivity (Wildman–Crippen MR) is 91.9 cm³/mol. The van der Waals surface area contributed by atoms with E-state index in [-0.39, 0.29) is 0 Å². The highest BCUT2D eigenvalue weighted by atomic mass is 127. The number of anilines is 1. The molecule has 0 spiro atoms. The van der Waals surface area contributed by atoms with E-state index in [1.807, 2.05) is 36.4 Å². The molecule has 0 saturated carbocycles. The van der Waals surface area contributed by atoms with E-state index < -0.39 is 0 Å². The summed E-state index contributed by atoms with van der Waals surface area (Å²) in [6.07, 6.45) is 0. The van der Waals surface area contributed by atoms with E-state index in [1.54, 1.807) is 0 Å². The van der Waals surface area contributed by atoms with Crippen LogP contribution in [0.2, 0.25) is 0 Å². The fourth-order valence-corrected chi connectivity index (χ4v) is 2.81. The van der Waals surface area contributed by atoms with Crippen molar-refractivity contribution in [3.05, 3.63) is 69.8 Å². The average Bonchev–Trinajstić information content (AvgIpc) is 2.50. The van der Waals surface area contributed by atoms with Crippen molar-refractivity contribution in [1.82, 2.24) is 0 Å². The van der Waals surface area contributed by atoms with Crippen molar-refractivity contribution in [1.29, 1.82) is 0 Å². The number of nitrogen functional groups attached to an aromatic ring is 1. The molecule has 20 heavy (non-hydrogen) atoms. The summed E-state index contributed by atoms with van der Waals surface area (Å²) in [7, 11) is 0. The van der Waals surface area contributed by atoms with E-state index in [9.17, 15) is 0 Å². The Bertz CT molecular complexity index is 741. The van der Waals surface area contributed by atoms with E-state index in [2.05, 4.69) is 46.9 Å². The molecule has 2 nitrogen and oxygen atoms in total. The predicted octanol–water partition coefficient (Wildman–Crippen LogP) is 4.61. The maximum absolute atomic E-state index is 6.07. The van der Waals surface area contributed by atoms with Crippen molar-refractivity contribution in [2.75, 3.05) is 5.73 Å². The number of ether oxygens (including phenoxy) is 1. The van der Waals surface area contributed by atoms with Crippen molar-refractivity contribution in [3.8, 4) is 5.75 Å². The van der Waals surface area contributed by atoms with Crippen molar-refractivity contribution in [2.45, 2.75) is 6.61 Å². The number of hydrogen-bond acceptors (Lipinski definition) is 2. The summed E-state index contributed by atoms with van der Waals surface area (Å²) in [5, 5.41) is 2.23. The summed E-state index contributed by atoms with van der Waals surface area (Å²) in [6.45, 7) is 0.546. The fraction of sp³-hybridized carbons (Fsp3) is 0.0588. The number of halogens is 1. The topological polar surface area (TPSA) is 35.2 Å². The van der Waals surface area contributed by atoms with Crippen molar-refractivity contribution in [2.24, 2.45) is 0 Å². The lowest BCUT2D eigenvalue weighted by Gasteiger charge is -2.12. The van der Waals surface area contributed by atoms with E-state index in [0.29, 0.717) is 6.61 Å². The van der Waals surface area contributed by atoms with Crippen LogP contribution in [0.1, 0.15) is 5.56 Å². The molecular formula is C17H14INO. The Morgan fingerprint density at radius 3 is 2.30 bits per heavy atom. The lowest BCUT2D eigenvalue weighted by atomic mass is 10.1. The van der Waals surface area contributed by atoms with Crippen LogP contribution in [0.3, 0.4) is 0 Å². The highest BCUT2D eigenvalue weighted by Gasteiger charge is 2.09. The first-order chi connectivity index (χ1) is 9.75. The number of benzene rings is 3. The SMILES string of the molecule is Nc1cc(OCc2ccccc2)c2ccccc2c1I. The summed E-state index contributed by atoms with van der Waals surface area (Å²) < 4.78 is 7.03. The van der Waals surface area contributed by atoms with Crippen molar-refractivity contribution < 1.29 is 4.74 Å². The number of nitrogens with two attached hydrogens (primary N) is 1. The Morgan fingerprint density at radius 1 is 0.900 bits per heavy atom. The van der Waals surface area contributed by atoms with Crippen LogP contribution in [0, 0.1) is 3.57 Å². The fourth-order valence-electron chi connectivity index (χ4n) is 2.18. The minimum atomic E-state index is 0.546. The van der Waals surface area contributed by atoms with Gasteiger partial charge in [-0.25, -0.2) is 0 Å². The van der Waals surface area contributed by atoms with Crippen molar-refractivity contribution in [3.63, 3.8) is 0 Å². The molecule has 0 aliphatic carbocycles. The Morgan fingerprint density at radius 2 is 1.55 bits per heavy atom. The third kappa shape index (κ3) is 2.58. The zero-order chi connectivity index (χ0) is 13.9. The van der Waals surface area contributed by atoms with Crippen LogP contribution in [0.25, 0.3) is 10.8 Å². The van der Waals surface area contributed by atoms with Crippen LogP contribution < -0.4 is 10.5 Å². The van der Waals surface area contributed by atoms with Gasteiger partial charge >= 0.3 is 0 Å². The summed E-state index contributed by atoms with van der Waals surface area (Å²) in [5.74, 6) is 0.836. The van der Waals surface area contributed by atoms with Gasteiger partial charge in [0.15, 0.2) is 0 Å². The van der Waals surface area contributed by atoms with Gasteiger partial charge in [0, 0.05) is 26.1 Å². The molecule has 0 aliphatic heterocycles. The van der Waals surface area contributed by atoms with Gasteiger partial charge in [-0.15, -0.1) is 0 Å². The average molecular weight is 375 g/mol. The zero-order valence-corrected chi connectivity index (χ0v) is 13.0. The smallest absolute Gasteiger partial charge is 0.129 e. The maximum atomic E-state index is 6.07. The monoisotopic (exact) mass is 375 g/mol. The molecule has 0 aromatic heterocycles. The molecule has 0 fully saturated rings. The number of fused-ring (bicyclic) bond motifs is 1. The van der Waals surface area contributed by atoms with Crippen LogP contribution in [0.4, 0.5) is 5.69 Å². The minimum absolute atomic E-state index is 0.546. The van der Waals surface area contributed by atoms with Gasteiger partial charge in [-0.2, -0.15) is 0 Å². The van der Waals surface area contributed by atoms with Gasteiger partial charge in [-0.05, 0) is 28.2 Å². The molecule has 0 unspecified atom stereocenters. The molecule has 3 rings (SSSR count). The molecule has 100 valence electrons. The highest BCUT2D eigenvalue weighted by Crippen LogP contribution is 2.34. The summed E-state index contributed by atoms with van der Waals surface area (Å²) in [5.41, 5.74) is 7.97. The molecule has 3 aromatic carbocycles. The second-order valence-electron chi connectivity index (χ2n) is 4.60. The standard InChI is InChI=1S/C17H14INO/c18-17-14-9-5-4-8-13(14)16(10-15(17)19)20-11-12-6-2-1-3-7-12/h1-10H,11,19H2. The molecule has 0 aliphatic rings. The molecule has 0 atom stereocenters. The van der Waals surface area contributed by atoms with Crippen LogP contribution >= 0.6 is 22.6 Å². The molecule has 0 amide bonds. The number of rotatable bonds is 3. The van der Waals surface area contributed by atoms with Crippen molar-refractivity contribution >= 4 is 39.1 Å². The summed E-state index contributed by atoms with van der Waals surface area (Å²) in [4.78, 5) is 0. The Balaban J connectivity index is 1.97. The largest absolute Gasteiger partial charge is 0.488 e. The first-order valence-electron chi connectivity index (χ1n) is 6.39. The molecule has 0 saturated heterocycles. The van der Waals surface area contributed by atoms with Crippen LogP contribution in [0.5, 0.6) is 5.75 Å². The minimum Gasteiger partial charge on any atom is -0.488 e. The van der Waals surface area contributed by atoms with Crippen LogP contribution in [-0.2, 0) is 6.61 Å². The molecule has 3 aromatic rings. The van der Waals surface area contributed by atoms with Gasteiger partial charge in [0.25, 0.3) is 0 Å². The molecule has 3 heteroatoms. The number of hydrogen-bond donors (Lipinski definition) is 1. The lowest BCUT2D eigenvalue weighted by molar-refractivity contribution is 0.310. The Kier molecular flexibility index (Phi) is 3.78. The van der Waals surface area contributed by atoms with Crippen LogP contribution in [0.15, 0.2) is 60.7 Å². The Hall–Kier alpha value is -1.75.